The first-order chi connectivity index (χ1) is 5.77. The minimum atomic E-state index is -1.10. The highest BCUT2D eigenvalue weighted by atomic mass is 16.4. The first-order valence-corrected chi connectivity index (χ1v) is 3.97. The Morgan fingerprint density at radius 1 is 1.38 bits per heavy atom. The van der Waals surface area contributed by atoms with Crippen molar-refractivity contribution in [3.8, 4) is 0 Å². The summed E-state index contributed by atoms with van der Waals surface area (Å²) in [5.74, 6) is -2.04. The van der Waals surface area contributed by atoms with Crippen molar-refractivity contribution in [3.63, 3.8) is 0 Å². The summed E-state index contributed by atoms with van der Waals surface area (Å²) >= 11 is 0. The van der Waals surface area contributed by atoms with Gasteiger partial charge in [-0.3, -0.25) is 9.59 Å². The van der Waals surface area contributed by atoms with Gasteiger partial charge in [0.25, 0.3) is 0 Å². The van der Waals surface area contributed by atoms with Gasteiger partial charge in [-0.05, 0) is 11.8 Å². The molecule has 0 rings (SSSR count). The highest BCUT2D eigenvalue weighted by Gasteiger charge is 2.32. The van der Waals surface area contributed by atoms with Crippen LogP contribution < -0.4 is 5.73 Å². The Labute approximate surface area is 76.5 Å². The molecule has 0 aliphatic rings. The van der Waals surface area contributed by atoms with Crippen LogP contribution in [0.1, 0.15) is 26.7 Å². The predicted octanol–water partition coefficient (Wildman–Crippen LogP) is 0.289. The van der Waals surface area contributed by atoms with Crippen molar-refractivity contribution >= 4 is 11.9 Å². The molecule has 0 heterocycles. The van der Waals surface area contributed by atoms with E-state index in [1.54, 1.807) is 13.8 Å². The van der Waals surface area contributed by atoms with Gasteiger partial charge in [-0.1, -0.05) is 13.8 Å². The van der Waals surface area contributed by atoms with E-state index in [9.17, 15) is 9.59 Å². The third-order valence-corrected chi connectivity index (χ3v) is 2.09. The largest absolute Gasteiger partial charge is 0.481 e. The smallest absolute Gasteiger partial charge is 0.321 e. The van der Waals surface area contributed by atoms with E-state index in [0.29, 0.717) is 0 Å². The van der Waals surface area contributed by atoms with Crippen molar-refractivity contribution < 1.29 is 19.8 Å². The molecular formula is C8H15NO4. The number of hydrogen-bond donors (Lipinski definition) is 3. The summed E-state index contributed by atoms with van der Waals surface area (Å²) in [4.78, 5) is 20.8. The molecule has 4 N–H and O–H groups in total. The number of nitrogens with two attached hydrogens (primary N) is 1. The zero-order chi connectivity index (χ0) is 10.6. The van der Waals surface area contributed by atoms with Crippen LogP contribution in [-0.4, -0.2) is 28.2 Å². The zero-order valence-electron chi connectivity index (χ0n) is 7.78. The third kappa shape index (κ3) is 3.89. The summed E-state index contributed by atoms with van der Waals surface area (Å²) in [6.07, 6.45) is 0.198. The number of rotatable bonds is 5. The van der Waals surface area contributed by atoms with Crippen molar-refractivity contribution in [2.24, 2.45) is 11.1 Å². The fourth-order valence-corrected chi connectivity index (χ4v) is 0.919. The van der Waals surface area contributed by atoms with Gasteiger partial charge in [-0.15, -0.1) is 0 Å². The molecule has 0 saturated carbocycles. The Morgan fingerprint density at radius 2 is 1.85 bits per heavy atom. The fraction of sp³-hybridized carbons (Fsp3) is 0.750. The normalized spacial score (nSPS) is 13.8. The van der Waals surface area contributed by atoms with Crippen molar-refractivity contribution in [1.29, 1.82) is 0 Å². The maximum Gasteiger partial charge on any atom is 0.321 e. The van der Waals surface area contributed by atoms with Gasteiger partial charge in [0.2, 0.25) is 0 Å². The lowest BCUT2D eigenvalue weighted by Gasteiger charge is -2.27. The molecular weight excluding hydrogens is 174 g/mol. The summed E-state index contributed by atoms with van der Waals surface area (Å²) in [5.41, 5.74) is 4.70. The number of carboxylic acid groups (broad SMARTS) is 2. The Morgan fingerprint density at radius 3 is 2.15 bits per heavy atom. The van der Waals surface area contributed by atoms with E-state index in [0.717, 1.165) is 0 Å². The molecule has 0 aromatic rings. The van der Waals surface area contributed by atoms with E-state index in [1.807, 2.05) is 0 Å². The molecule has 5 heteroatoms. The van der Waals surface area contributed by atoms with Gasteiger partial charge in [0.05, 0.1) is 0 Å². The Balaban J connectivity index is 4.21. The van der Waals surface area contributed by atoms with Crippen LogP contribution in [0.15, 0.2) is 0 Å². The highest BCUT2D eigenvalue weighted by molar-refractivity contribution is 5.74. The highest BCUT2D eigenvalue weighted by Crippen LogP contribution is 2.25. The molecule has 0 fully saturated rings. The van der Waals surface area contributed by atoms with Gasteiger partial charge in [-0.25, -0.2) is 0 Å². The molecule has 0 aromatic heterocycles. The van der Waals surface area contributed by atoms with E-state index in [-0.39, 0.29) is 12.8 Å². The Bertz CT molecular complexity index is 212. The lowest BCUT2D eigenvalue weighted by molar-refractivity contribution is -0.143. The van der Waals surface area contributed by atoms with Gasteiger partial charge < -0.3 is 15.9 Å². The number of hydrogen-bond acceptors (Lipinski definition) is 3. The van der Waals surface area contributed by atoms with Crippen LogP contribution in [0, 0.1) is 5.41 Å². The first-order valence-electron chi connectivity index (χ1n) is 3.97. The van der Waals surface area contributed by atoms with Gasteiger partial charge in [0.1, 0.15) is 6.04 Å². The van der Waals surface area contributed by atoms with Gasteiger partial charge in [0, 0.05) is 6.42 Å². The zero-order valence-corrected chi connectivity index (χ0v) is 7.78. The molecule has 0 aliphatic heterocycles. The number of carbonyl (C=O) groups is 2. The molecule has 0 aliphatic carbocycles. The number of aliphatic carboxylic acids is 2. The van der Waals surface area contributed by atoms with E-state index in [4.69, 9.17) is 15.9 Å². The van der Waals surface area contributed by atoms with Gasteiger partial charge >= 0.3 is 11.9 Å². The molecule has 0 radical (unpaired) electrons. The average molecular weight is 189 g/mol. The summed E-state index contributed by atoms with van der Waals surface area (Å²) in [6.45, 7) is 3.30. The van der Waals surface area contributed by atoms with E-state index < -0.39 is 23.4 Å². The SMILES string of the molecule is CC(C)(CCC(=O)O)C(N)C(=O)O. The van der Waals surface area contributed by atoms with Crippen LogP contribution in [0.25, 0.3) is 0 Å². The second-order valence-electron chi connectivity index (χ2n) is 3.70. The molecule has 0 bridgehead atoms. The fourth-order valence-electron chi connectivity index (χ4n) is 0.919. The van der Waals surface area contributed by atoms with Crippen LogP contribution in [0.2, 0.25) is 0 Å². The molecule has 0 saturated heterocycles. The summed E-state index contributed by atoms with van der Waals surface area (Å²) in [6, 6.07) is -1.02. The Kier molecular flexibility index (Phi) is 3.87. The van der Waals surface area contributed by atoms with Crippen molar-refractivity contribution in [3.05, 3.63) is 0 Å². The lowest BCUT2D eigenvalue weighted by Crippen LogP contribution is -2.44. The second kappa shape index (κ2) is 4.23. The molecule has 5 nitrogen and oxygen atoms in total. The summed E-state index contributed by atoms with van der Waals surface area (Å²) in [5, 5.41) is 17.0. The van der Waals surface area contributed by atoms with Crippen molar-refractivity contribution in [2.45, 2.75) is 32.7 Å². The van der Waals surface area contributed by atoms with Gasteiger partial charge in [0.15, 0.2) is 0 Å². The minimum Gasteiger partial charge on any atom is -0.481 e. The monoisotopic (exact) mass is 189 g/mol. The number of carboxylic acids is 2. The van der Waals surface area contributed by atoms with Crippen molar-refractivity contribution in [1.82, 2.24) is 0 Å². The van der Waals surface area contributed by atoms with Crippen LogP contribution in [0.4, 0.5) is 0 Å². The van der Waals surface area contributed by atoms with Crippen molar-refractivity contribution in [2.75, 3.05) is 0 Å². The molecule has 76 valence electrons. The molecule has 1 unspecified atom stereocenters. The molecule has 0 aromatic carbocycles. The topological polar surface area (TPSA) is 101 Å². The van der Waals surface area contributed by atoms with Crippen LogP contribution in [0.5, 0.6) is 0 Å². The molecule has 1 atom stereocenters. The standard InChI is InChI=1S/C8H15NO4/c1-8(2,4-3-5(10)11)6(9)7(12)13/h6H,3-4,9H2,1-2H3,(H,10,11)(H,12,13). The van der Waals surface area contributed by atoms with E-state index in [1.165, 1.54) is 0 Å². The molecule has 0 amide bonds. The minimum absolute atomic E-state index is 0.0615. The summed E-state index contributed by atoms with van der Waals surface area (Å²) in [7, 11) is 0. The van der Waals surface area contributed by atoms with E-state index in [2.05, 4.69) is 0 Å². The maximum atomic E-state index is 10.5. The second-order valence-corrected chi connectivity index (χ2v) is 3.70. The van der Waals surface area contributed by atoms with Crippen LogP contribution >= 0.6 is 0 Å². The van der Waals surface area contributed by atoms with Gasteiger partial charge in [-0.2, -0.15) is 0 Å². The average Bonchev–Trinajstić information content (AvgIpc) is 1.99. The first kappa shape index (κ1) is 11.9. The van der Waals surface area contributed by atoms with E-state index >= 15 is 0 Å². The summed E-state index contributed by atoms with van der Waals surface area (Å²) < 4.78 is 0. The Hall–Kier alpha value is -1.10. The molecule has 0 spiro atoms. The predicted molar refractivity (Wildman–Crippen MR) is 46.3 cm³/mol. The maximum absolute atomic E-state index is 10.5. The molecule has 13 heavy (non-hydrogen) atoms. The van der Waals surface area contributed by atoms with Crippen LogP contribution in [-0.2, 0) is 9.59 Å². The van der Waals surface area contributed by atoms with Crippen LogP contribution in [0.3, 0.4) is 0 Å². The lowest BCUT2D eigenvalue weighted by atomic mass is 9.80. The quantitative estimate of drug-likeness (QED) is 0.577. The third-order valence-electron chi connectivity index (χ3n) is 2.09.